The van der Waals surface area contributed by atoms with Gasteiger partial charge in [0.1, 0.15) is 6.33 Å². The molecule has 1 aliphatic heterocycles. The van der Waals surface area contributed by atoms with Crippen LogP contribution in [0.4, 0.5) is 11.5 Å². The molecule has 4 heterocycles. The van der Waals surface area contributed by atoms with Gasteiger partial charge in [0, 0.05) is 40.3 Å². The Kier molecular flexibility index (Phi) is 3.22. The van der Waals surface area contributed by atoms with Gasteiger partial charge in [-0.3, -0.25) is 4.79 Å². The Morgan fingerprint density at radius 1 is 1.21 bits per heavy atom. The fourth-order valence-electron chi connectivity index (χ4n) is 2.91. The fraction of sp³-hybridized carbons (Fsp3) is 0.400. The van der Waals surface area contributed by atoms with Crippen molar-refractivity contribution in [3.8, 4) is 0 Å². The van der Waals surface area contributed by atoms with E-state index >= 15 is 0 Å². The normalized spacial score (nSPS) is 14.9. The molecule has 0 unspecified atom stereocenters. The number of nitrogens with zero attached hydrogens (tertiary/aromatic N) is 8. The van der Waals surface area contributed by atoms with Crippen molar-refractivity contribution < 1.29 is 0 Å². The quantitative estimate of drug-likeness (QED) is 0.658. The number of anilines is 2. The lowest BCUT2D eigenvalue weighted by Crippen LogP contribution is -2.59. The fourth-order valence-corrected chi connectivity index (χ4v) is 2.91. The number of aromatic nitrogens is 6. The van der Waals surface area contributed by atoms with Gasteiger partial charge in [0.15, 0.2) is 17.0 Å². The van der Waals surface area contributed by atoms with E-state index in [1.54, 1.807) is 32.0 Å². The van der Waals surface area contributed by atoms with E-state index in [0.717, 1.165) is 35.8 Å². The van der Waals surface area contributed by atoms with E-state index in [-0.39, 0.29) is 5.56 Å². The minimum Gasteiger partial charge on any atom is -0.366 e. The molecule has 0 saturated carbocycles. The second-order valence-electron chi connectivity index (χ2n) is 6.07. The number of rotatable bonds is 3. The largest absolute Gasteiger partial charge is 0.366 e. The third-order valence-electron chi connectivity index (χ3n) is 4.54. The van der Waals surface area contributed by atoms with Crippen LogP contribution in [0.25, 0.3) is 11.2 Å². The van der Waals surface area contributed by atoms with E-state index in [9.17, 15) is 4.79 Å². The second-order valence-corrected chi connectivity index (χ2v) is 6.07. The van der Waals surface area contributed by atoms with Crippen molar-refractivity contribution in [3.63, 3.8) is 0 Å². The van der Waals surface area contributed by atoms with Gasteiger partial charge < -0.3 is 14.4 Å². The van der Waals surface area contributed by atoms with Crippen LogP contribution in [0.3, 0.4) is 0 Å². The minimum atomic E-state index is -0.102. The summed E-state index contributed by atoms with van der Waals surface area (Å²) < 4.78 is 3.21. The zero-order chi connectivity index (χ0) is 16.8. The first-order chi connectivity index (χ1) is 11.5. The van der Waals surface area contributed by atoms with Crippen molar-refractivity contribution in [1.82, 2.24) is 29.3 Å². The Bertz CT molecular complexity index is 956. The van der Waals surface area contributed by atoms with Gasteiger partial charge in [-0.05, 0) is 0 Å². The third-order valence-corrected chi connectivity index (χ3v) is 4.54. The highest BCUT2D eigenvalue weighted by Crippen LogP contribution is 2.27. The molecule has 0 radical (unpaired) electrons. The number of hydrogen-bond donors (Lipinski definition) is 0. The number of imidazole rings is 1. The van der Waals surface area contributed by atoms with Gasteiger partial charge in [0.05, 0.1) is 24.3 Å². The van der Waals surface area contributed by atoms with Crippen molar-refractivity contribution >= 4 is 22.7 Å². The summed E-state index contributed by atoms with van der Waals surface area (Å²) in [6.07, 6.45) is 5.03. The molecule has 1 saturated heterocycles. The first kappa shape index (κ1) is 14.6. The zero-order valence-electron chi connectivity index (χ0n) is 13.8. The Balaban J connectivity index is 1.53. The molecule has 0 aromatic carbocycles. The Labute approximate surface area is 138 Å². The lowest BCUT2D eigenvalue weighted by Gasteiger charge is -2.45. The molecular weight excluding hydrogens is 308 g/mol. The van der Waals surface area contributed by atoms with Crippen molar-refractivity contribution in [1.29, 1.82) is 0 Å². The van der Waals surface area contributed by atoms with Gasteiger partial charge in [0.25, 0.3) is 5.56 Å². The smallest absolute Gasteiger partial charge is 0.268 e. The number of fused-ring (bicyclic) bond motifs is 1. The average Bonchev–Trinajstić information content (AvgIpc) is 2.91. The van der Waals surface area contributed by atoms with Crippen LogP contribution in [-0.4, -0.2) is 55.5 Å². The highest BCUT2D eigenvalue weighted by Gasteiger charge is 2.32. The SMILES string of the molecule is CN(c1ncnc2c1ncn2C)C1CN(c2cnn(C)c(=O)c2)C1. The monoisotopic (exact) mass is 326 g/mol. The molecule has 0 spiro atoms. The lowest BCUT2D eigenvalue weighted by molar-refractivity contribution is 0.492. The van der Waals surface area contributed by atoms with Gasteiger partial charge in [0.2, 0.25) is 0 Å². The number of hydrogen-bond acceptors (Lipinski definition) is 7. The third kappa shape index (κ3) is 2.20. The van der Waals surface area contributed by atoms with Crippen molar-refractivity contribution in [2.24, 2.45) is 14.1 Å². The van der Waals surface area contributed by atoms with Crippen LogP contribution < -0.4 is 15.4 Å². The minimum absolute atomic E-state index is 0.102. The van der Waals surface area contributed by atoms with Crippen molar-refractivity contribution in [3.05, 3.63) is 35.3 Å². The van der Waals surface area contributed by atoms with E-state index in [1.807, 2.05) is 18.7 Å². The molecule has 1 fully saturated rings. The molecule has 0 atom stereocenters. The van der Waals surface area contributed by atoms with Gasteiger partial charge in [-0.25, -0.2) is 19.6 Å². The van der Waals surface area contributed by atoms with Crippen molar-refractivity contribution in [2.45, 2.75) is 6.04 Å². The first-order valence-electron chi connectivity index (χ1n) is 7.68. The average molecular weight is 326 g/mol. The van der Waals surface area contributed by atoms with Gasteiger partial charge in [-0.2, -0.15) is 5.10 Å². The van der Waals surface area contributed by atoms with Crippen LogP contribution in [0.2, 0.25) is 0 Å². The van der Waals surface area contributed by atoms with Crippen molar-refractivity contribution in [2.75, 3.05) is 29.9 Å². The summed E-state index contributed by atoms with van der Waals surface area (Å²) >= 11 is 0. The van der Waals surface area contributed by atoms with Crippen LogP contribution in [0.1, 0.15) is 0 Å². The standard InChI is InChI=1S/C15H18N8O/c1-20-9-18-13-14(20)16-8-17-15(13)21(2)11-6-23(7-11)10-4-12(24)22(3)19-5-10/h4-5,8-9,11H,6-7H2,1-3H3. The summed E-state index contributed by atoms with van der Waals surface area (Å²) in [5.74, 6) is 0.826. The molecule has 0 amide bonds. The highest BCUT2D eigenvalue weighted by molar-refractivity contribution is 5.83. The van der Waals surface area contributed by atoms with Gasteiger partial charge in [-0.1, -0.05) is 0 Å². The lowest BCUT2D eigenvalue weighted by atomic mass is 10.1. The van der Waals surface area contributed by atoms with Crippen LogP contribution in [-0.2, 0) is 14.1 Å². The van der Waals surface area contributed by atoms with Gasteiger partial charge in [-0.15, -0.1) is 0 Å². The van der Waals surface area contributed by atoms with E-state index in [1.165, 1.54) is 4.68 Å². The molecule has 4 rings (SSSR count). The summed E-state index contributed by atoms with van der Waals surface area (Å²) in [6, 6.07) is 1.92. The maximum atomic E-state index is 11.7. The molecule has 124 valence electrons. The molecular formula is C15H18N8O. The molecule has 3 aromatic heterocycles. The summed E-state index contributed by atoms with van der Waals surface area (Å²) in [6.45, 7) is 1.62. The van der Waals surface area contributed by atoms with Crippen LogP contribution in [0.15, 0.2) is 29.7 Å². The van der Waals surface area contributed by atoms with Crippen LogP contribution >= 0.6 is 0 Å². The molecule has 9 heteroatoms. The Morgan fingerprint density at radius 2 is 2.00 bits per heavy atom. The molecule has 0 aliphatic carbocycles. The molecule has 9 nitrogen and oxygen atoms in total. The zero-order valence-corrected chi connectivity index (χ0v) is 13.8. The van der Waals surface area contributed by atoms with Crippen LogP contribution in [0.5, 0.6) is 0 Å². The van der Waals surface area contributed by atoms with E-state index < -0.39 is 0 Å². The Morgan fingerprint density at radius 3 is 2.75 bits per heavy atom. The topological polar surface area (TPSA) is 85.0 Å². The number of likely N-dealkylation sites (N-methyl/N-ethyl adjacent to an activating group) is 1. The maximum Gasteiger partial charge on any atom is 0.268 e. The highest BCUT2D eigenvalue weighted by atomic mass is 16.1. The summed E-state index contributed by atoms with van der Waals surface area (Å²) in [5.41, 5.74) is 2.37. The predicted molar refractivity (Wildman–Crippen MR) is 90.2 cm³/mol. The molecule has 3 aromatic rings. The summed E-state index contributed by atoms with van der Waals surface area (Å²) in [7, 11) is 5.58. The van der Waals surface area contributed by atoms with E-state index in [0.29, 0.717) is 6.04 Å². The second kappa shape index (κ2) is 5.29. The Hall–Kier alpha value is -2.97. The summed E-state index contributed by atoms with van der Waals surface area (Å²) in [5, 5.41) is 4.07. The number of aryl methyl sites for hydroxylation is 2. The van der Waals surface area contributed by atoms with E-state index in [4.69, 9.17) is 0 Å². The van der Waals surface area contributed by atoms with E-state index in [2.05, 4.69) is 29.9 Å². The molecule has 0 N–H and O–H groups in total. The maximum absolute atomic E-state index is 11.7. The summed E-state index contributed by atoms with van der Waals surface area (Å²) in [4.78, 5) is 29.0. The molecule has 0 bridgehead atoms. The van der Waals surface area contributed by atoms with Gasteiger partial charge >= 0.3 is 0 Å². The predicted octanol–water partition coefficient (Wildman–Crippen LogP) is -0.218. The van der Waals surface area contributed by atoms with Crippen LogP contribution in [0, 0.1) is 0 Å². The first-order valence-corrected chi connectivity index (χ1v) is 7.68. The molecule has 1 aliphatic rings. The molecule has 24 heavy (non-hydrogen) atoms.